The van der Waals surface area contributed by atoms with Crippen molar-refractivity contribution in [2.24, 2.45) is 0 Å². The number of hydroxylamine groups is 1. The van der Waals surface area contributed by atoms with E-state index in [1.54, 1.807) is 24.3 Å². The molecule has 6 heteroatoms. The lowest BCUT2D eigenvalue weighted by Gasteiger charge is -2.15. The van der Waals surface area contributed by atoms with Gasteiger partial charge in [0.1, 0.15) is 11.3 Å². The van der Waals surface area contributed by atoms with Crippen molar-refractivity contribution in [1.82, 2.24) is 5.48 Å². The van der Waals surface area contributed by atoms with Gasteiger partial charge in [0, 0.05) is 5.39 Å². The molecular formula is C10H8F3NO2. The largest absolute Gasteiger partial charge is 0.459 e. The maximum atomic E-state index is 12.5. The van der Waals surface area contributed by atoms with Gasteiger partial charge in [-0.3, -0.25) is 0 Å². The van der Waals surface area contributed by atoms with Gasteiger partial charge in [0.2, 0.25) is 0 Å². The number of para-hydroxylation sites is 1. The Bertz CT molecular complexity index is 459. The second-order valence-corrected chi connectivity index (χ2v) is 3.29. The van der Waals surface area contributed by atoms with Crippen LogP contribution < -0.4 is 5.48 Å². The fourth-order valence-corrected chi connectivity index (χ4v) is 1.44. The van der Waals surface area contributed by atoms with Crippen LogP contribution >= 0.6 is 0 Å². The van der Waals surface area contributed by atoms with Crippen molar-refractivity contribution in [2.75, 3.05) is 0 Å². The summed E-state index contributed by atoms with van der Waals surface area (Å²) in [5.41, 5.74) is 1.55. The SMILES string of the molecule is ONC(c1cc2ccccc2o1)C(F)(F)F. The van der Waals surface area contributed by atoms with Crippen LogP contribution in [0.1, 0.15) is 11.8 Å². The summed E-state index contributed by atoms with van der Waals surface area (Å²) in [6.07, 6.45) is -4.61. The van der Waals surface area contributed by atoms with Crippen molar-refractivity contribution >= 4 is 11.0 Å². The van der Waals surface area contributed by atoms with Gasteiger partial charge in [0.15, 0.2) is 6.04 Å². The van der Waals surface area contributed by atoms with Gasteiger partial charge in [0.05, 0.1) is 0 Å². The van der Waals surface area contributed by atoms with Gasteiger partial charge < -0.3 is 9.62 Å². The molecule has 0 saturated carbocycles. The third-order valence-corrected chi connectivity index (χ3v) is 2.19. The highest BCUT2D eigenvalue weighted by Gasteiger charge is 2.42. The highest BCUT2D eigenvalue weighted by molar-refractivity contribution is 5.77. The molecule has 0 spiro atoms. The fourth-order valence-electron chi connectivity index (χ4n) is 1.44. The van der Waals surface area contributed by atoms with Crippen LogP contribution in [0, 0.1) is 0 Å². The maximum absolute atomic E-state index is 12.5. The summed E-state index contributed by atoms with van der Waals surface area (Å²) < 4.78 is 42.4. The van der Waals surface area contributed by atoms with Crippen molar-refractivity contribution in [3.8, 4) is 0 Å². The zero-order valence-electron chi connectivity index (χ0n) is 7.95. The van der Waals surface area contributed by atoms with E-state index in [0.29, 0.717) is 11.0 Å². The smallest absolute Gasteiger partial charge is 0.413 e. The number of rotatable bonds is 2. The summed E-state index contributed by atoms with van der Waals surface area (Å²) in [5, 5.41) is 9.07. The van der Waals surface area contributed by atoms with E-state index in [2.05, 4.69) is 0 Å². The minimum Gasteiger partial charge on any atom is -0.459 e. The summed E-state index contributed by atoms with van der Waals surface area (Å²) >= 11 is 0. The van der Waals surface area contributed by atoms with E-state index in [1.807, 2.05) is 0 Å². The molecule has 1 aromatic carbocycles. The Morgan fingerprint density at radius 1 is 1.25 bits per heavy atom. The lowest BCUT2D eigenvalue weighted by atomic mass is 10.2. The number of hydrogen-bond donors (Lipinski definition) is 2. The number of alkyl halides is 3. The highest BCUT2D eigenvalue weighted by Crippen LogP contribution is 2.34. The van der Waals surface area contributed by atoms with Crippen LogP contribution in [-0.2, 0) is 0 Å². The maximum Gasteiger partial charge on any atom is 0.413 e. The van der Waals surface area contributed by atoms with Crippen LogP contribution in [0.15, 0.2) is 34.7 Å². The third kappa shape index (κ3) is 1.89. The third-order valence-electron chi connectivity index (χ3n) is 2.19. The van der Waals surface area contributed by atoms with Crippen molar-refractivity contribution in [3.05, 3.63) is 36.1 Å². The Labute approximate surface area is 88.4 Å². The molecule has 1 unspecified atom stereocenters. The number of fused-ring (bicyclic) bond motifs is 1. The first-order valence-corrected chi connectivity index (χ1v) is 4.47. The van der Waals surface area contributed by atoms with E-state index < -0.39 is 12.2 Å². The molecule has 0 amide bonds. The van der Waals surface area contributed by atoms with E-state index in [0.717, 1.165) is 0 Å². The quantitative estimate of drug-likeness (QED) is 0.781. The molecule has 3 nitrogen and oxygen atoms in total. The Kier molecular flexibility index (Phi) is 2.61. The second-order valence-electron chi connectivity index (χ2n) is 3.29. The average molecular weight is 231 g/mol. The average Bonchev–Trinajstić information content (AvgIpc) is 2.59. The van der Waals surface area contributed by atoms with E-state index in [1.165, 1.54) is 11.5 Å². The van der Waals surface area contributed by atoms with Crippen LogP contribution in [0.2, 0.25) is 0 Å². The Morgan fingerprint density at radius 2 is 1.94 bits per heavy atom. The molecule has 0 saturated heterocycles. The van der Waals surface area contributed by atoms with Gasteiger partial charge in [-0.2, -0.15) is 18.7 Å². The molecule has 0 aliphatic carbocycles. The van der Waals surface area contributed by atoms with Crippen LogP contribution in [-0.4, -0.2) is 11.4 Å². The molecule has 1 aromatic heterocycles. The molecule has 2 aromatic rings. The molecule has 0 aliphatic heterocycles. The van der Waals surface area contributed by atoms with Crippen LogP contribution in [0.3, 0.4) is 0 Å². The summed E-state index contributed by atoms with van der Waals surface area (Å²) in [6, 6.07) is 5.58. The minimum atomic E-state index is -4.61. The second kappa shape index (κ2) is 3.80. The van der Waals surface area contributed by atoms with Crippen molar-refractivity contribution in [2.45, 2.75) is 12.2 Å². The monoisotopic (exact) mass is 231 g/mol. The van der Waals surface area contributed by atoms with E-state index in [4.69, 9.17) is 9.62 Å². The van der Waals surface area contributed by atoms with Crippen LogP contribution in [0.4, 0.5) is 13.2 Å². The topological polar surface area (TPSA) is 45.4 Å². The first-order chi connectivity index (χ1) is 7.52. The van der Waals surface area contributed by atoms with Crippen molar-refractivity contribution in [3.63, 3.8) is 0 Å². The Morgan fingerprint density at radius 3 is 2.50 bits per heavy atom. The fraction of sp³-hybridized carbons (Fsp3) is 0.200. The Balaban J connectivity index is 2.46. The number of benzene rings is 1. The zero-order valence-corrected chi connectivity index (χ0v) is 7.95. The highest BCUT2D eigenvalue weighted by atomic mass is 19.4. The molecule has 0 bridgehead atoms. The molecule has 1 atom stereocenters. The van der Waals surface area contributed by atoms with Gasteiger partial charge in [-0.1, -0.05) is 18.2 Å². The van der Waals surface area contributed by atoms with Gasteiger partial charge in [-0.05, 0) is 12.1 Å². The molecule has 0 aliphatic rings. The molecule has 16 heavy (non-hydrogen) atoms. The minimum absolute atomic E-state index is 0.349. The molecule has 1 heterocycles. The molecule has 0 fully saturated rings. The normalized spacial score (nSPS) is 14.2. The molecule has 0 radical (unpaired) electrons. The molecule has 2 rings (SSSR count). The first kappa shape index (κ1) is 11.0. The molecule has 2 N–H and O–H groups in total. The van der Waals surface area contributed by atoms with Gasteiger partial charge in [0.25, 0.3) is 0 Å². The number of hydrogen-bond acceptors (Lipinski definition) is 3. The summed E-state index contributed by atoms with van der Waals surface area (Å²) in [4.78, 5) is 0. The predicted molar refractivity (Wildman–Crippen MR) is 49.9 cm³/mol. The summed E-state index contributed by atoms with van der Waals surface area (Å²) in [5.74, 6) is -0.365. The molecular weight excluding hydrogens is 223 g/mol. The van der Waals surface area contributed by atoms with Gasteiger partial charge in [-0.25, -0.2) is 0 Å². The first-order valence-electron chi connectivity index (χ1n) is 4.47. The lowest BCUT2D eigenvalue weighted by molar-refractivity contribution is -0.182. The predicted octanol–water partition coefficient (Wildman–Crippen LogP) is 3.02. The summed E-state index contributed by atoms with van der Waals surface area (Å²) in [6.45, 7) is 0. The standard InChI is InChI=1S/C10H8F3NO2/c11-10(12,13)9(14-15)8-5-6-3-1-2-4-7(6)16-8/h1-5,9,14-15H. The molecule has 86 valence electrons. The van der Waals surface area contributed by atoms with E-state index >= 15 is 0 Å². The van der Waals surface area contributed by atoms with Crippen LogP contribution in [0.5, 0.6) is 0 Å². The zero-order chi connectivity index (χ0) is 11.8. The van der Waals surface area contributed by atoms with Crippen LogP contribution in [0.25, 0.3) is 11.0 Å². The summed E-state index contributed by atoms with van der Waals surface area (Å²) in [7, 11) is 0. The lowest BCUT2D eigenvalue weighted by Crippen LogP contribution is -2.31. The number of halogens is 3. The van der Waals surface area contributed by atoms with Crippen molar-refractivity contribution in [1.29, 1.82) is 0 Å². The van der Waals surface area contributed by atoms with E-state index in [9.17, 15) is 13.2 Å². The van der Waals surface area contributed by atoms with Gasteiger partial charge in [-0.15, -0.1) is 0 Å². The number of furan rings is 1. The van der Waals surface area contributed by atoms with E-state index in [-0.39, 0.29) is 5.76 Å². The number of nitrogens with one attached hydrogen (secondary N) is 1. The van der Waals surface area contributed by atoms with Gasteiger partial charge >= 0.3 is 6.18 Å². The Hall–Kier alpha value is -1.53. The van der Waals surface area contributed by atoms with Crippen molar-refractivity contribution < 1.29 is 22.8 Å².